The van der Waals surface area contributed by atoms with E-state index in [0.29, 0.717) is 27.8 Å². The maximum absolute atomic E-state index is 15.0. The Morgan fingerprint density at radius 3 is 1.47 bits per heavy atom. The molecule has 0 saturated carbocycles. The fourth-order valence-electron chi connectivity index (χ4n) is 9.53. The van der Waals surface area contributed by atoms with Crippen molar-refractivity contribution >= 4 is 29.7 Å². The van der Waals surface area contributed by atoms with Gasteiger partial charge in [-0.15, -0.1) is 0 Å². The summed E-state index contributed by atoms with van der Waals surface area (Å²) in [5.74, 6) is -7.12. The topological polar surface area (TPSA) is 160 Å². The Kier molecular flexibility index (Phi) is 12.3. The molecule has 2 saturated heterocycles. The Hall–Kier alpha value is -5.13. The Morgan fingerprint density at radius 2 is 1.07 bits per heavy atom. The highest BCUT2D eigenvalue weighted by Crippen LogP contribution is 2.44. The average molecular weight is 789 g/mol. The van der Waals surface area contributed by atoms with E-state index < -0.39 is 64.3 Å². The first-order valence-corrected chi connectivity index (χ1v) is 19.3. The van der Waals surface area contributed by atoms with E-state index in [4.69, 9.17) is 14.2 Å². The zero-order valence-corrected chi connectivity index (χ0v) is 35.6. The fraction of sp³-hybridized carbons (Fsp3) is 0.533. The largest absolute Gasteiger partial charge is 0.507 e. The van der Waals surface area contributed by atoms with Gasteiger partial charge in [-0.05, 0) is 148 Å². The molecule has 2 aromatic carbocycles. The SMILES string of the molecule is C=CC(=O)N1C(C)(C)CC(OC(=O)C(Cc2cc(C)c(O)c(C)c2)(OC(=O)c2cc(C)c(O)c(C)c2)OC(=O)C2CC(C)(C)N(C(=O)C=C)C(C)(C)C2)CC1(C)C. The summed E-state index contributed by atoms with van der Waals surface area (Å²) >= 11 is 0. The Bertz CT molecular complexity index is 1910. The number of hydrogen-bond donors (Lipinski definition) is 2. The summed E-state index contributed by atoms with van der Waals surface area (Å²) in [6.07, 6.45) is 1.88. The summed E-state index contributed by atoms with van der Waals surface area (Å²) in [7, 11) is 0. The molecule has 0 radical (unpaired) electrons. The van der Waals surface area contributed by atoms with E-state index in [9.17, 15) is 29.4 Å². The van der Waals surface area contributed by atoms with Gasteiger partial charge in [0, 0.05) is 35.0 Å². The number of nitrogens with zero attached hydrogens (tertiary/aromatic N) is 2. The molecule has 2 aliphatic heterocycles. The summed E-state index contributed by atoms with van der Waals surface area (Å²) in [4.78, 5) is 73.5. The molecular weight excluding hydrogens is 728 g/mol. The molecule has 12 nitrogen and oxygen atoms in total. The number of aromatic hydroxyl groups is 2. The van der Waals surface area contributed by atoms with E-state index in [2.05, 4.69) is 13.2 Å². The second kappa shape index (κ2) is 15.7. The van der Waals surface area contributed by atoms with Gasteiger partial charge in [0.1, 0.15) is 17.6 Å². The number of carbonyl (C=O) groups excluding carboxylic acids is 5. The van der Waals surface area contributed by atoms with Gasteiger partial charge < -0.3 is 34.2 Å². The van der Waals surface area contributed by atoms with Crippen molar-refractivity contribution < 1.29 is 48.4 Å². The number of esters is 3. The lowest BCUT2D eigenvalue weighted by atomic mass is 9.73. The van der Waals surface area contributed by atoms with Crippen LogP contribution in [-0.4, -0.2) is 83.8 Å². The second-order valence-electron chi connectivity index (χ2n) is 18.3. The number of carbonyl (C=O) groups is 5. The van der Waals surface area contributed by atoms with Gasteiger partial charge in [-0.3, -0.25) is 14.4 Å². The highest BCUT2D eigenvalue weighted by Gasteiger charge is 2.56. The zero-order chi connectivity index (χ0) is 43.2. The van der Waals surface area contributed by atoms with Crippen molar-refractivity contribution in [1.29, 1.82) is 0 Å². The molecule has 1 atom stereocenters. The summed E-state index contributed by atoms with van der Waals surface area (Å²) < 4.78 is 18.7. The van der Waals surface area contributed by atoms with Crippen LogP contribution in [0.4, 0.5) is 0 Å². The third-order valence-electron chi connectivity index (χ3n) is 11.3. The molecule has 2 heterocycles. The Balaban J connectivity index is 1.89. The number of phenolic OH excluding ortho intramolecular Hbond substituents is 2. The van der Waals surface area contributed by atoms with Gasteiger partial charge in [-0.1, -0.05) is 25.3 Å². The summed E-state index contributed by atoms with van der Waals surface area (Å²) in [5, 5.41) is 21.1. The molecule has 2 amide bonds. The zero-order valence-electron chi connectivity index (χ0n) is 35.6. The lowest BCUT2D eigenvalue weighted by molar-refractivity contribution is -0.237. The molecule has 0 aromatic heterocycles. The van der Waals surface area contributed by atoms with Crippen molar-refractivity contribution in [3.63, 3.8) is 0 Å². The minimum absolute atomic E-state index is 0.00823. The highest BCUT2D eigenvalue weighted by atomic mass is 16.8. The van der Waals surface area contributed by atoms with E-state index in [-0.39, 0.29) is 54.6 Å². The third-order valence-corrected chi connectivity index (χ3v) is 11.3. The highest BCUT2D eigenvalue weighted by molar-refractivity contribution is 5.94. The lowest BCUT2D eigenvalue weighted by Gasteiger charge is -2.55. The molecule has 12 heteroatoms. The normalized spacial score (nSPS) is 19.8. The molecule has 1 unspecified atom stereocenters. The second-order valence-corrected chi connectivity index (χ2v) is 18.3. The third kappa shape index (κ3) is 9.05. The standard InChI is InChI=1S/C45H60N2O10/c1-15-34(48)46-41(7,8)22-32(23-42(46,9)10)39(53)57-45(21-30-17-26(3)36(50)27(4)18-30,56-38(52)31-19-28(5)37(51)29(6)20-31)40(54)55-33-24-43(11,12)47(35(49)16-2)44(13,14)25-33/h15-20,32-33,50-51H,1-2,21-25H2,3-14H3. The molecule has 2 fully saturated rings. The van der Waals surface area contributed by atoms with Crippen LogP contribution in [0.15, 0.2) is 49.6 Å². The van der Waals surface area contributed by atoms with Crippen LogP contribution in [0.5, 0.6) is 11.5 Å². The minimum Gasteiger partial charge on any atom is -0.507 e. The maximum Gasteiger partial charge on any atom is 0.393 e. The summed E-state index contributed by atoms with van der Waals surface area (Å²) in [6, 6.07) is 6.04. The quantitative estimate of drug-likeness (QED) is 0.143. The molecule has 2 aliphatic rings. The van der Waals surface area contributed by atoms with Gasteiger partial charge >= 0.3 is 23.7 Å². The Labute approximate surface area is 336 Å². The van der Waals surface area contributed by atoms with Gasteiger partial charge in [-0.2, -0.15) is 0 Å². The van der Waals surface area contributed by atoms with Crippen molar-refractivity contribution in [2.45, 2.75) is 149 Å². The van der Waals surface area contributed by atoms with E-state index in [1.54, 1.807) is 49.6 Å². The average Bonchev–Trinajstić information content (AvgIpc) is 3.06. The van der Waals surface area contributed by atoms with Crippen molar-refractivity contribution in [2.24, 2.45) is 5.92 Å². The van der Waals surface area contributed by atoms with Crippen LogP contribution in [-0.2, 0) is 39.8 Å². The van der Waals surface area contributed by atoms with Crippen LogP contribution >= 0.6 is 0 Å². The number of benzene rings is 2. The van der Waals surface area contributed by atoms with Crippen molar-refractivity contribution in [3.8, 4) is 11.5 Å². The number of hydrogen-bond acceptors (Lipinski definition) is 10. The monoisotopic (exact) mass is 788 g/mol. The number of aryl methyl sites for hydroxylation is 4. The van der Waals surface area contributed by atoms with Crippen LogP contribution in [0.3, 0.4) is 0 Å². The van der Waals surface area contributed by atoms with E-state index >= 15 is 4.79 Å². The molecule has 0 aliphatic carbocycles. The van der Waals surface area contributed by atoms with E-state index in [0.717, 1.165) is 0 Å². The molecule has 2 N–H and O–H groups in total. The van der Waals surface area contributed by atoms with Gasteiger partial charge in [0.15, 0.2) is 0 Å². The van der Waals surface area contributed by atoms with Crippen LogP contribution in [0.2, 0.25) is 0 Å². The van der Waals surface area contributed by atoms with Gasteiger partial charge in [-0.25, -0.2) is 9.59 Å². The van der Waals surface area contributed by atoms with Crippen molar-refractivity contribution in [1.82, 2.24) is 9.80 Å². The van der Waals surface area contributed by atoms with Crippen molar-refractivity contribution in [2.75, 3.05) is 0 Å². The summed E-state index contributed by atoms with van der Waals surface area (Å²) in [6.45, 7) is 28.7. The first kappa shape index (κ1) is 44.6. The van der Waals surface area contributed by atoms with Crippen molar-refractivity contribution in [3.05, 3.63) is 83.0 Å². The predicted molar refractivity (Wildman–Crippen MR) is 215 cm³/mol. The molecule has 0 bridgehead atoms. The van der Waals surface area contributed by atoms with Crippen LogP contribution < -0.4 is 0 Å². The first-order valence-electron chi connectivity index (χ1n) is 19.3. The lowest BCUT2D eigenvalue weighted by Crippen LogP contribution is -2.65. The number of likely N-dealkylation sites (tertiary alicyclic amines) is 2. The van der Waals surface area contributed by atoms with E-state index in [1.165, 1.54) is 24.3 Å². The molecule has 0 spiro atoms. The van der Waals surface area contributed by atoms with Crippen LogP contribution in [0, 0.1) is 33.6 Å². The predicted octanol–water partition coefficient (Wildman–Crippen LogP) is 7.23. The maximum atomic E-state index is 15.0. The smallest absolute Gasteiger partial charge is 0.393 e. The van der Waals surface area contributed by atoms with E-state index in [1.807, 2.05) is 55.4 Å². The number of rotatable bonds is 10. The molecule has 310 valence electrons. The number of phenols is 2. The van der Waals surface area contributed by atoms with Crippen LogP contribution in [0.25, 0.3) is 0 Å². The van der Waals surface area contributed by atoms with Crippen LogP contribution in [0.1, 0.15) is 119 Å². The Morgan fingerprint density at radius 1 is 0.684 bits per heavy atom. The molecule has 4 rings (SSSR count). The minimum atomic E-state index is -2.70. The molecular formula is C45H60N2O10. The number of amides is 2. The van der Waals surface area contributed by atoms with Gasteiger partial charge in [0.05, 0.1) is 17.9 Å². The van der Waals surface area contributed by atoms with Gasteiger partial charge in [0.2, 0.25) is 11.8 Å². The first-order chi connectivity index (χ1) is 26.1. The molecule has 57 heavy (non-hydrogen) atoms. The summed E-state index contributed by atoms with van der Waals surface area (Å²) in [5.41, 5.74) is -1.22. The molecule has 2 aromatic rings. The number of ether oxygens (including phenoxy) is 3. The van der Waals surface area contributed by atoms with Gasteiger partial charge in [0.25, 0.3) is 0 Å². The number of piperidine rings is 2. The fourth-order valence-corrected chi connectivity index (χ4v) is 9.53.